The fraction of sp³-hybridized carbons (Fsp3) is 0.261. The number of methoxy groups -OCH3 is 1. The van der Waals surface area contributed by atoms with Crippen LogP contribution in [0.2, 0.25) is 0 Å². The second kappa shape index (κ2) is 8.58. The first-order valence-electron chi connectivity index (χ1n) is 9.13. The fourth-order valence-electron chi connectivity index (χ4n) is 3.02. The summed E-state index contributed by atoms with van der Waals surface area (Å²) >= 11 is 0. The van der Waals surface area contributed by atoms with E-state index < -0.39 is 0 Å². The number of ether oxygens (including phenoxy) is 1. The topological polar surface area (TPSA) is 42.7 Å². The molecule has 0 aliphatic heterocycles. The van der Waals surface area contributed by atoms with Crippen molar-refractivity contribution in [3.8, 4) is 16.9 Å². The van der Waals surface area contributed by atoms with Crippen molar-refractivity contribution in [3.63, 3.8) is 0 Å². The number of benzene rings is 2. The van der Waals surface area contributed by atoms with Gasteiger partial charge in [0.1, 0.15) is 5.75 Å². The van der Waals surface area contributed by atoms with Gasteiger partial charge in [0.25, 0.3) is 5.91 Å². The van der Waals surface area contributed by atoms with E-state index in [1.807, 2.05) is 29.2 Å². The van der Waals surface area contributed by atoms with Crippen molar-refractivity contribution in [2.24, 2.45) is 5.92 Å². The van der Waals surface area contributed by atoms with Gasteiger partial charge in [-0.15, -0.1) is 0 Å². The van der Waals surface area contributed by atoms with E-state index in [2.05, 4.69) is 38.1 Å². The molecule has 0 saturated heterocycles. The highest BCUT2D eigenvalue weighted by molar-refractivity contribution is 5.91. The van der Waals surface area contributed by atoms with Gasteiger partial charge in [-0.05, 0) is 46.9 Å². The lowest BCUT2D eigenvalue weighted by Crippen LogP contribution is -2.33. The number of carbonyl (C=O) groups is 1. The van der Waals surface area contributed by atoms with Gasteiger partial charge in [-0.1, -0.05) is 50.2 Å². The summed E-state index contributed by atoms with van der Waals surface area (Å²) in [6.45, 7) is 5.45. The number of nitrogens with zero attached hydrogens (tertiary/aromatic N) is 1. The van der Waals surface area contributed by atoms with Crippen LogP contribution in [0.1, 0.15) is 30.0 Å². The van der Waals surface area contributed by atoms with E-state index in [4.69, 9.17) is 9.15 Å². The summed E-state index contributed by atoms with van der Waals surface area (Å²) in [5, 5.41) is 0. The minimum absolute atomic E-state index is 0.0760. The van der Waals surface area contributed by atoms with Crippen molar-refractivity contribution >= 4 is 5.91 Å². The summed E-state index contributed by atoms with van der Waals surface area (Å²) in [5.41, 5.74) is 3.36. The number of furan rings is 1. The highest BCUT2D eigenvalue weighted by Gasteiger charge is 2.19. The lowest BCUT2D eigenvalue weighted by Gasteiger charge is -2.24. The zero-order valence-electron chi connectivity index (χ0n) is 16.0. The molecule has 0 aliphatic rings. The molecular weight excluding hydrogens is 338 g/mol. The maximum absolute atomic E-state index is 12.7. The maximum Gasteiger partial charge on any atom is 0.289 e. The Balaban J connectivity index is 1.75. The van der Waals surface area contributed by atoms with Crippen LogP contribution in [0.25, 0.3) is 11.1 Å². The molecule has 0 spiro atoms. The molecule has 0 fully saturated rings. The second-order valence-electron chi connectivity index (χ2n) is 6.98. The van der Waals surface area contributed by atoms with Gasteiger partial charge in [0.05, 0.1) is 13.4 Å². The first-order chi connectivity index (χ1) is 13.1. The van der Waals surface area contributed by atoms with Crippen LogP contribution in [-0.4, -0.2) is 24.5 Å². The largest absolute Gasteiger partial charge is 0.497 e. The van der Waals surface area contributed by atoms with Gasteiger partial charge in [0.2, 0.25) is 0 Å². The third-order valence-corrected chi connectivity index (χ3v) is 4.36. The molecule has 0 radical (unpaired) electrons. The average molecular weight is 363 g/mol. The van der Waals surface area contributed by atoms with Crippen molar-refractivity contribution in [1.82, 2.24) is 4.90 Å². The van der Waals surface area contributed by atoms with Crippen molar-refractivity contribution in [2.45, 2.75) is 20.4 Å². The molecule has 3 aromatic rings. The molecule has 0 saturated carbocycles. The van der Waals surface area contributed by atoms with Crippen LogP contribution >= 0.6 is 0 Å². The maximum atomic E-state index is 12.7. The first-order valence-corrected chi connectivity index (χ1v) is 9.13. The fourth-order valence-corrected chi connectivity index (χ4v) is 3.02. The quantitative estimate of drug-likeness (QED) is 0.575. The Labute approximate surface area is 160 Å². The zero-order chi connectivity index (χ0) is 19.2. The Kier molecular flexibility index (Phi) is 5.97. The van der Waals surface area contributed by atoms with Crippen LogP contribution in [0, 0.1) is 5.92 Å². The minimum Gasteiger partial charge on any atom is -0.497 e. The van der Waals surface area contributed by atoms with Crippen LogP contribution in [0.5, 0.6) is 5.75 Å². The van der Waals surface area contributed by atoms with E-state index in [0.29, 0.717) is 24.8 Å². The number of hydrogen-bond acceptors (Lipinski definition) is 3. The third kappa shape index (κ3) is 4.79. The monoisotopic (exact) mass is 363 g/mol. The zero-order valence-corrected chi connectivity index (χ0v) is 16.0. The van der Waals surface area contributed by atoms with Crippen molar-refractivity contribution in [1.29, 1.82) is 0 Å². The Bertz CT molecular complexity index is 850. The standard InChI is InChI=1S/C23H25NO3/c1-17(2)15-24(23(25)22-5-4-14-27-22)16-18-6-8-19(9-7-18)20-10-12-21(26-3)13-11-20/h4-14,17H,15-16H2,1-3H3. The summed E-state index contributed by atoms with van der Waals surface area (Å²) in [5.74, 6) is 1.53. The van der Waals surface area contributed by atoms with Gasteiger partial charge < -0.3 is 14.1 Å². The summed E-state index contributed by atoms with van der Waals surface area (Å²) in [6, 6.07) is 19.8. The lowest BCUT2D eigenvalue weighted by molar-refractivity contribution is 0.0690. The van der Waals surface area contributed by atoms with E-state index in [0.717, 1.165) is 22.4 Å². The predicted molar refractivity (Wildman–Crippen MR) is 107 cm³/mol. The van der Waals surface area contributed by atoms with Crippen LogP contribution < -0.4 is 4.74 Å². The highest BCUT2D eigenvalue weighted by Crippen LogP contribution is 2.23. The second-order valence-corrected chi connectivity index (χ2v) is 6.98. The number of hydrogen-bond donors (Lipinski definition) is 0. The molecule has 0 aliphatic carbocycles. The molecule has 1 aromatic heterocycles. The summed E-state index contributed by atoms with van der Waals surface area (Å²) in [6.07, 6.45) is 1.53. The number of amides is 1. The molecule has 3 rings (SSSR count). The van der Waals surface area contributed by atoms with E-state index in [1.54, 1.807) is 19.2 Å². The Morgan fingerprint density at radius 1 is 1.00 bits per heavy atom. The molecule has 2 aromatic carbocycles. The Hall–Kier alpha value is -3.01. The molecule has 1 heterocycles. The first kappa shape index (κ1) is 18.8. The molecule has 4 heteroatoms. The van der Waals surface area contributed by atoms with Crippen molar-refractivity contribution in [2.75, 3.05) is 13.7 Å². The van der Waals surface area contributed by atoms with Gasteiger partial charge in [0.15, 0.2) is 5.76 Å². The van der Waals surface area contributed by atoms with E-state index >= 15 is 0 Å². The summed E-state index contributed by atoms with van der Waals surface area (Å²) < 4.78 is 10.5. The Morgan fingerprint density at radius 3 is 2.15 bits per heavy atom. The number of carbonyl (C=O) groups excluding carboxylic acids is 1. The average Bonchev–Trinajstić information content (AvgIpc) is 3.22. The van der Waals surface area contributed by atoms with Gasteiger partial charge in [0, 0.05) is 13.1 Å². The molecule has 0 bridgehead atoms. The normalized spacial score (nSPS) is 10.8. The van der Waals surface area contributed by atoms with E-state index in [-0.39, 0.29) is 5.91 Å². The van der Waals surface area contributed by atoms with E-state index in [1.165, 1.54) is 6.26 Å². The minimum atomic E-state index is -0.0760. The van der Waals surface area contributed by atoms with Gasteiger partial charge >= 0.3 is 0 Å². The third-order valence-electron chi connectivity index (χ3n) is 4.36. The molecule has 0 unspecified atom stereocenters. The van der Waals surface area contributed by atoms with Crippen molar-refractivity contribution in [3.05, 3.63) is 78.3 Å². The highest BCUT2D eigenvalue weighted by atomic mass is 16.5. The van der Waals surface area contributed by atoms with Gasteiger partial charge in [-0.2, -0.15) is 0 Å². The molecule has 4 nitrogen and oxygen atoms in total. The predicted octanol–water partition coefficient (Wildman–Crippen LogP) is 5.25. The van der Waals surface area contributed by atoms with Crippen LogP contribution in [0.15, 0.2) is 71.3 Å². The van der Waals surface area contributed by atoms with Crippen LogP contribution in [0.4, 0.5) is 0 Å². The molecule has 140 valence electrons. The molecular formula is C23H25NO3. The van der Waals surface area contributed by atoms with Crippen LogP contribution in [-0.2, 0) is 6.54 Å². The number of rotatable bonds is 7. The Morgan fingerprint density at radius 2 is 1.63 bits per heavy atom. The van der Waals surface area contributed by atoms with Gasteiger partial charge in [-0.3, -0.25) is 4.79 Å². The molecule has 27 heavy (non-hydrogen) atoms. The van der Waals surface area contributed by atoms with Gasteiger partial charge in [-0.25, -0.2) is 0 Å². The van der Waals surface area contributed by atoms with Crippen LogP contribution in [0.3, 0.4) is 0 Å². The molecule has 1 amide bonds. The van der Waals surface area contributed by atoms with Crippen molar-refractivity contribution < 1.29 is 13.9 Å². The summed E-state index contributed by atoms with van der Waals surface area (Å²) in [4.78, 5) is 14.6. The molecule has 0 atom stereocenters. The SMILES string of the molecule is COc1ccc(-c2ccc(CN(CC(C)C)C(=O)c3ccco3)cc2)cc1. The van der Waals surface area contributed by atoms with E-state index in [9.17, 15) is 4.79 Å². The lowest BCUT2D eigenvalue weighted by atomic mass is 10.0. The smallest absolute Gasteiger partial charge is 0.289 e. The molecule has 0 N–H and O–H groups in total. The summed E-state index contributed by atoms with van der Waals surface area (Å²) in [7, 11) is 1.66.